The van der Waals surface area contributed by atoms with Crippen LogP contribution >= 0.6 is 0 Å². The summed E-state index contributed by atoms with van der Waals surface area (Å²) >= 11 is 0. The Labute approximate surface area is 41.5 Å². The van der Waals surface area contributed by atoms with Crippen LogP contribution in [0, 0.1) is 0 Å². The summed E-state index contributed by atoms with van der Waals surface area (Å²) in [5.41, 5.74) is 4.90. The van der Waals surface area contributed by atoms with Crippen LogP contribution < -0.4 is 5.73 Å². The van der Waals surface area contributed by atoms with Gasteiger partial charge in [-0.25, -0.2) is 8.78 Å². The molecule has 0 rings (SSSR count). The monoisotopic (exact) mass is 109 g/mol. The zero-order chi connectivity index (χ0) is 5.70. The predicted octanol–water partition coefficient (Wildman–Crippen LogP) is 0.643. The van der Waals surface area contributed by atoms with E-state index in [2.05, 4.69) is 0 Å². The summed E-state index contributed by atoms with van der Waals surface area (Å²) < 4.78 is 22.8. The Bertz CT molecular complexity index is 40.7. The Balaban J connectivity index is 2.83. The molecular weight excluding hydrogens is 100 g/mol. The second-order valence-corrected chi connectivity index (χ2v) is 1.33. The van der Waals surface area contributed by atoms with Crippen LogP contribution in [0.1, 0.15) is 6.42 Å². The quantitative estimate of drug-likeness (QED) is 0.565. The van der Waals surface area contributed by atoms with Crippen LogP contribution in [-0.2, 0) is 0 Å². The maximum absolute atomic E-state index is 11.7. The Morgan fingerprint density at radius 3 is 2.29 bits per heavy atom. The normalized spacial score (nSPS) is 14.1. The third kappa shape index (κ3) is 3.66. The molecule has 0 bridgehead atoms. The molecule has 0 aliphatic carbocycles. The summed E-state index contributed by atoms with van der Waals surface area (Å²) in [6, 6.07) is 0. The van der Waals surface area contributed by atoms with Gasteiger partial charge < -0.3 is 5.73 Å². The van der Waals surface area contributed by atoms with Gasteiger partial charge in [-0.05, 0) is 13.0 Å². The van der Waals surface area contributed by atoms with Crippen molar-refractivity contribution in [3.8, 4) is 0 Å². The van der Waals surface area contributed by atoms with Crippen LogP contribution in [0.4, 0.5) is 8.78 Å². The predicted molar refractivity (Wildman–Crippen MR) is 24.5 cm³/mol. The molecule has 1 unspecified atom stereocenters. The fourth-order valence-electron chi connectivity index (χ4n) is 0.258. The molecule has 0 fully saturated rings. The number of halogens is 2. The van der Waals surface area contributed by atoms with E-state index >= 15 is 0 Å². The molecule has 0 aliphatic heterocycles. The van der Waals surface area contributed by atoms with Crippen LogP contribution in [0.3, 0.4) is 0 Å². The van der Waals surface area contributed by atoms with E-state index in [0.29, 0.717) is 0 Å². The Kier molecular flexibility index (Phi) is 3.89. The van der Waals surface area contributed by atoms with Crippen molar-refractivity contribution in [1.29, 1.82) is 0 Å². The van der Waals surface area contributed by atoms with Crippen molar-refractivity contribution in [3.05, 3.63) is 0 Å². The number of alkyl halides is 2. The van der Waals surface area contributed by atoms with Crippen molar-refractivity contribution in [1.82, 2.24) is 0 Å². The average molecular weight is 109 g/mol. The molecule has 1 atom stereocenters. The van der Waals surface area contributed by atoms with Gasteiger partial charge in [-0.2, -0.15) is 0 Å². The van der Waals surface area contributed by atoms with E-state index in [1.54, 1.807) is 0 Å². The van der Waals surface area contributed by atoms with Gasteiger partial charge in [0.2, 0.25) is 0 Å². The standard InChI is InChI=1S/C4H9F2N/c5-3-4(6)1-2-7/h4H,1-3,7H2. The van der Waals surface area contributed by atoms with Gasteiger partial charge in [0.05, 0.1) is 0 Å². The highest BCUT2D eigenvalue weighted by Gasteiger charge is 2.00. The number of hydrogen-bond acceptors (Lipinski definition) is 1. The fourth-order valence-corrected chi connectivity index (χ4v) is 0.258. The van der Waals surface area contributed by atoms with Gasteiger partial charge in [-0.3, -0.25) is 0 Å². The highest BCUT2D eigenvalue weighted by atomic mass is 19.2. The van der Waals surface area contributed by atoms with Gasteiger partial charge >= 0.3 is 0 Å². The lowest BCUT2D eigenvalue weighted by Gasteiger charge is -1.96. The van der Waals surface area contributed by atoms with Gasteiger partial charge in [0.15, 0.2) is 0 Å². The minimum Gasteiger partial charge on any atom is -0.330 e. The van der Waals surface area contributed by atoms with E-state index in [4.69, 9.17) is 5.73 Å². The zero-order valence-corrected chi connectivity index (χ0v) is 4.03. The van der Waals surface area contributed by atoms with Gasteiger partial charge in [0, 0.05) is 0 Å². The second-order valence-electron chi connectivity index (χ2n) is 1.33. The minimum absolute atomic E-state index is 0.135. The maximum Gasteiger partial charge on any atom is 0.130 e. The molecule has 0 saturated carbocycles. The third-order valence-corrected chi connectivity index (χ3v) is 0.647. The molecule has 0 heterocycles. The Morgan fingerprint density at radius 1 is 1.57 bits per heavy atom. The first-order valence-corrected chi connectivity index (χ1v) is 2.21. The number of nitrogens with two attached hydrogens (primary N) is 1. The number of hydrogen-bond donors (Lipinski definition) is 1. The highest BCUT2D eigenvalue weighted by molar-refractivity contribution is 4.51. The van der Waals surface area contributed by atoms with Crippen LogP contribution in [-0.4, -0.2) is 19.4 Å². The third-order valence-electron chi connectivity index (χ3n) is 0.647. The lowest BCUT2D eigenvalue weighted by Crippen LogP contribution is -2.10. The zero-order valence-electron chi connectivity index (χ0n) is 4.03. The van der Waals surface area contributed by atoms with Crippen LogP contribution in [0.25, 0.3) is 0 Å². The van der Waals surface area contributed by atoms with E-state index in [0.717, 1.165) is 0 Å². The molecular formula is C4H9F2N. The Hall–Kier alpha value is -0.180. The van der Waals surface area contributed by atoms with Crippen molar-refractivity contribution < 1.29 is 8.78 Å². The maximum atomic E-state index is 11.7. The molecule has 0 aromatic rings. The summed E-state index contributed by atoms with van der Waals surface area (Å²) in [5.74, 6) is 0. The minimum atomic E-state index is -1.34. The Morgan fingerprint density at radius 2 is 2.14 bits per heavy atom. The van der Waals surface area contributed by atoms with Gasteiger partial charge in [0.25, 0.3) is 0 Å². The lowest BCUT2D eigenvalue weighted by atomic mass is 10.3. The fraction of sp³-hybridized carbons (Fsp3) is 1.00. The molecule has 0 amide bonds. The molecule has 0 aromatic heterocycles. The molecule has 0 aromatic carbocycles. The topological polar surface area (TPSA) is 26.0 Å². The molecule has 0 saturated heterocycles. The second kappa shape index (κ2) is 3.99. The van der Waals surface area contributed by atoms with Gasteiger partial charge in [0.1, 0.15) is 12.8 Å². The molecule has 0 aliphatic rings. The summed E-state index contributed by atoms with van der Waals surface area (Å²) in [7, 11) is 0. The lowest BCUT2D eigenvalue weighted by molar-refractivity contribution is 0.250. The van der Waals surface area contributed by atoms with E-state index in [1.807, 2.05) is 0 Å². The molecule has 2 N–H and O–H groups in total. The smallest absolute Gasteiger partial charge is 0.130 e. The summed E-state index contributed by atoms with van der Waals surface area (Å²) in [6.07, 6.45) is -1.21. The SMILES string of the molecule is NCCC(F)CF. The molecule has 0 spiro atoms. The first kappa shape index (κ1) is 6.82. The summed E-state index contributed by atoms with van der Waals surface area (Å²) in [6.45, 7) is -0.678. The van der Waals surface area contributed by atoms with E-state index in [1.165, 1.54) is 0 Å². The van der Waals surface area contributed by atoms with E-state index < -0.39 is 12.8 Å². The van der Waals surface area contributed by atoms with Gasteiger partial charge in [-0.1, -0.05) is 0 Å². The molecule has 3 heteroatoms. The first-order chi connectivity index (χ1) is 3.31. The molecule has 1 nitrogen and oxygen atoms in total. The van der Waals surface area contributed by atoms with Crippen molar-refractivity contribution in [2.24, 2.45) is 5.73 Å². The van der Waals surface area contributed by atoms with Crippen LogP contribution in [0.15, 0.2) is 0 Å². The number of rotatable bonds is 3. The van der Waals surface area contributed by atoms with E-state index in [9.17, 15) is 8.78 Å². The first-order valence-electron chi connectivity index (χ1n) is 2.21. The summed E-state index contributed by atoms with van der Waals surface area (Å²) in [4.78, 5) is 0. The van der Waals surface area contributed by atoms with Crippen LogP contribution in [0.5, 0.6) is 0 Å². The highest BCUT2D eigenvalue weighted by Crippen LogP contribution is 1.94. The molecule has 44 valence electrons. The molecule has 7 heavy (non-hydrogen) atoms. The largest absolute Gasteiger partial charge is 0.330 e. The van der Waals surface area contributed by atoms with Crippen molar-refractivity contribution >= 4 is 0 Å². The van der Waals surface area contributed by atoms with Gasteiger partial charge in [-0.15, -0.1) is 0 Å². The van der Waals surface area contributed by atoms with E-state index in [-0.39, 0.29) is 13.0 Å². The van der Waals surface area contributed by atoms with Crippen molar-refractivity contribution in [3.63, 3.8) is 0 Å². The summed E-state index contributed by atoms with van der Waals surface area (Å²) in [5, 5.41) is 0. The molecule has 0 radical (unpaired) electrons. The van der Waals surface area contributed by atoms with Crippen LogP contribution in [0.2, 0.25) is 0 Å². The average Bonchev–Trinajstić information content (AvgIpc) is 1.68. The van der Waals surface area contributed by atoms with Crippen molar-refractivity contribution in [2.75, 3.05) is 13.2 Å². The van der Waals surface area contributed by atoms with Crippen molar-refractivity contribution in [2.45, 2.75) is 12.6 Å².